The lowest BCUT2D eigenvalue weighted by Gasteiger charge is -2.19. The first-order valence-electron chi connectivity index (χ1n) is 7.23. The first-order valence-corrected chi connectivity index (χ1v) is 7.23. The zero-order valence-corrected chi connectivity index (χ0v) is 11.9. The molecule has 1 amide bonds. The quantitative estimate of drug-likeness (QED) is 0.900. The van der Waals surface area contributed by atoms with Gasteiger partial charge in [0.05, 0.1) is 12.6 Å². The Kier molecular flexibility index (Phi) is 4.83. The minimum absolute atomic E-state index is 0.0988. The van der Waals surface area contributed by atoms with Crippen molar-refractivity contribution >= 4 is 5.91 Å². The fourth-order valence-corrected chi connectivity index (χ4v) is 2.45. The molecule has 1 heterocycles. The summed E-state index contributed by atoms with van der Waals surface area (Å²) in [4.78, 5) is 11.9. The highest BCUT2D eigenvalue weighted by atomic mass is 16.5. The summed E-state index contributed by atoms with van der Waals surface area (Å²) in [5.74, 6) is 1.07. The molecule has 1 unspecified atom stereocenters. The van der Waals surface area contributed by atoms with Gasteiger partial charge in [-0.1, -0.05) is 31.0 Å². The van der Waals surface area contributed by atoms with E-state index in [0.717, 1.165) is 43.6 Å². The molecule has 1 aromatic rings. The van der Waals surface area contributed by atoms with E-state index in [0.29, 0.717) is 6.42 Å². The zero-order chi connectivity index (χ0) is 13.7. The van der Waals surface area contributed by atoms with Crippen LogP contribution in [0.25, 0.3) is 0 Å². The van der Waals surface area contributed by atoms with Gasteiger partial charge in [0.1, 0.15) is 5.75 Å². The molecule has 1 aliphatic rings. The molecule has 104 valence electrons. The fourth-order valence-electron chi connectivity index (χ4n) is 2.45. The lowest BCUT2D eigenvalue weighted by molar-refractivity contribution is -0.122. The highest BCUT2D eigenvalue weighted by molar-refractivity contribution is 5.76. The number of hydrogen-bond donors (Lipinski definition) is 1. The number of carbonyl (C=O) groups excluding carboxylic acids is 1. The molecule has 0 saturated carbocycles. The second-order valence-electron chi connectivity index (χ2n) is 5.26. The van der Waals surface area contributed by atoms with Crippen molar-refractivity contribution in [3.8, 4) is 5.75 Å². The molecule has 0 fully saturated rings. The molecule has 1 aromatic carbocycles. The Bertz CT molecular complexity index is 442. The monoisotopic (exact) mass is 261 g/mol. The molecule has 19 heavy (non-hydrogen) atoms. The second-order valence-corrected chi connectivity index (χ2v) is 5.26. The van der Waals surface area contributed by atoms with E-state index in [9.17, 15) is 4.79 Å². The standard InChI is InChI=1S/C16H23NO2/c1-3-4-7-16(18)17-14-6-5-10-19-15-9-8-12(2)11-13(14)15/h8-9,11,14H,3-7,10H2,1-2H3,(H,17,18). The van der Waals surface area contributed by atoms with E-state index in [4.69, 9.17) is 4.74 Å². The van der Waals surface area contributed by atoms with Crippen LogP contribution in [-0.4, -0.2) is 12.5 Å². The Morgan fingerprint density at radius 2 is 2.32 bits per heavy atom. The maximum absolute atomic E-state index is 11.9. The van der Waals surface area contributed by atoms with Gasteiger partial charge in [0, 0.05) is 12.0 Å². The topological polar surface area (TPSA) is 38.3 Å². The zero-order valence-electron chi connectivity index (χ0n) is 11.9. The van der Waals surface area contributed by atoms with E-state index in [1.54, 1.807) is 0 Å². The second kappa shape index (κ2) is 6.60. The Balaban J connectivity index is 2.12. The highest BCUT2D eigenvalue weighted by Gasteiger charge is 2.21. The Labute approximate surface area is 115 Å². The van der Waals surface area contributed by atoms with Crippen molar-refractivity contribution in [2.75, 3.05) is 6.61 Å². The van der Waals surface area contributed by atoms with Gasteiger partial charge < -0.3 is 10.1 Å². The summed E-state index contributed by atoms with van der Waals surface area (Å²) >= 11 is 0. The van der Waals surface area contributed by atoms with Crippen LogP contribution in [0.2, 0.25) is 0 Å². The third kappa shape index (κ3) is 3.72. The Hall–Kier alpha value is -1.51. The van der Waals surface area contributed by atoms with E-state index < -0.39 is 0 Å². The van der Waals surface area contributed by atoms with Crippen LogP contribution < -0.4 is 10.1 Å². The van der Waals surface area contributed by atoms with Crippen LogP contribution in [-0.2, 0) is 4.79 Å². The SMILES string of the molecule is CCCCC(=O)NC1CCCOc2ccc(C)cc21. The fraction of sp³-hybridized carbons (Fsp3) is 0.562. The smallest absolute Gasteiger partial charge is 0.220 e. The molecule has 1 atom stereocenters. The van der Waals surface area contributed by atoms with E-state index >= 15 is 0 Å². The summed E-state index contributed by atoms with van der Waals surface area (Å²) in [6, 6.07) is 6.30. The molecule has 1 N–H and O–H groups in total. The lowest BCUT2D eigenvalue weighted by Crippen LogP contribution is -2.28. The number of fused-ring (bicyclic) bond motifs is 1. The van der Waals surface area contributed by atoms with Gasteiger partial charge in [-0.2, -0.15) is 0 Å². The van der Waals surface area contributed by atoms with Crippen LogP contribution in [0.15, 0.2) is 18.2 Å². The first-order chi connectivity index (χ1) is 9.20. The first kappa shape index (κ1) is 13.9. The van der Waals surface area contributed by atoms with Gasteiger partial charge in [-0.3, -0.25) is 4.79 Å². The molecule has 0 spiro atoms. The van der Waals surface area contributed by atoms with Crippen molar-refractivity contribution < 1.29 is 9.53 Å². The summed E-state index contributed by atoms with van der Waals surface area (Å²) in [7, 11) is 0. The van der Waals surface area contributed by atoms with Crippen LogP contribution in [0, 0.1) is 6.92 Å². The van der Waals surface area contributed by atoms with Gasteiger partial charge in [-0.05, 0) is 32.3 Å². The van der Waals surface area contributed by atoms with Crippen molar-refractivity contribution in [2.24, 2.45) is 0 Å². The van der Waals surface area contributed by atoms with Crippen molar-refractivity contribution in [3.63, 3.8) is 0 Å². The molecule has 0 radical (unpaired) electrons. The molecular weight excluding hydrogens is 238 g/mol. The largest absolute Gasteiger partial charge is 0.493 e. The number of ether oxygens (including phenoxy) is 1. The van der Waals surface area contributed by atoms with Crippen molar-refractivity contribution in [1.82, 2.24) is 5.32 Å². The number of benzene rings is 1. The summed E-state index contributed by atoms with van der Waals surface area (Å²) in [6.45, 7) is 4.91. The molecule has 0 saturated heterocycles. The molecule has 1 aliphatic heterocycles. The average molecular weight is 261 g/mol. The van der Waals surface area contributed by atoms with Crippen molar-refractivity contribution in [2.45, 2.75) is 52.0 Å². The Morgan fingerprint density at radius 3 is 3.11 bits per heavy atom. The van der Waals surface area contributed by atoms with Gasteiger partial charge in [-0.25, -0.2) is 0 Å². The van der Waals surface area contributed by atoms with E-state index in [2.05, 4.69) is 31.3 Å². The molecule has 0 aromatic heterocycles. The molecule has 3 nitrogen and oxygen atoms in total. The number of aryl methyl sites for hydroxylation is 1. The average Bonchev–Trinajstić information content (AvgIpc) is 2.59. The summed E-state index contributed by atoms with van der Waals surface area (Å²) in [6.07, 6.45) is 4.56. The van der Waals surface area contributed by atoms with Gasteiger partial charge in [0.2, 0.25) is 5.91 Å². The van der Waals surface area contributed by atoms with Crippen LogP contribution in [0.3, 0.4) is 0 Å². The maximum Gasteiger partial charge on any atom is 0.220 e. The van der Waals surface area contributed by atoms with Gasteiger partial charge in [0.15, 0.2) is 0 Å². The summed E-state index contributed by atoms with van der Waals surface area (Å²) in [5, 5.41) is 3.16. The van der Waals surface area contributed by atoms with Gasteiger partial charge in [0.25, 0.3) is 0 Å². The minimum atomic E-state index is 0.0988. The van der Waals surface area contributed by atoms with E-state index in [1.807, 2.05) is 6.07 Å². The Morgan fingerprint density at radius 1 is 1.47 bits per heavy atom. The van der Waals surface area contributed by atoms with Gasteiger partial charge in [-0.15, -0.1) is 0 Å². The van der Waals surface area contributed by atoms with Crippen molar-refractivity contribution in [3.05, 3.63) is 29.3 Å². The number of unbranched alkanes of at least 4 members (excludes halogenated alkanes) is 1. The third-order valence-corrected chi connectivity index (χ3v) is 3.53. The minimum Gasteiger partial charge on any atom is -0.493 e. The third-order valence-electron chi connectivity index (χ3n) is 3.53. The van der Waals surface area contributed by atoms with E-state index in [-0.39, 0.29) is 11.9 Å². The number of nitrogens with one attached hydrogen (secondary N) is 1. The van der Waals surface area contributed by atoms with Crippen LogP contribution in [0.5, 0.6) is 5.75 Å². The summed E-state index contributed by atoms with van der Waals surface area (Å²) < 4.78 is 5.75. The number of amides is 1. The number of rotatable bonds is 4. The normalized spacial score (nSPS) is 18.1. The van der Waals surface area contributed by atoms with Crippen molar-refractivity contribution in [1.29, 1.82) is 0 Å². The van der Waals surface area contributed by atoms with Gasteiger partial charge >= 0.3 is 0 Å². The number of carbonyl (C=O) groups is 1. The molecule has 2 rings (SSSR count). The predicted octanol–water partition coefficient (Wildman–Crippen LogP) is 3.52. The maximum atomic E-state index is 11.9. The number of hydrogen-bond acceptors (Lipinski definition) is 2. The summed E-state index contributed by atoms with van der Waals surface area (Å²) in [5.41, 5.74) is 2.33. The molecule has 0 aliphatic carbocycles. The highest BCUT2D eigenvalue weighted by Crippen LogP contribution is 2.32. The van der Waals surface area contributed by atoms with E-state index in [1.165, 1.54) is 5.56 Å². The predicted molar refractivity (Wildman–Crippen MR) is 76.3 cm³/mol. The molecule has 0 bridgehead atoms. The molecule has 3 heteroatoms. The molecular formula is C16H23NO2. The van der Waals surface area contributed by atoms with Crippen LogP contribution in [0.1, 0.15) is 56.2 Å². The van der Waals surface area contributed by atoms with Crippen LogP contribution >= 0.6 is 0 Å². The lowest BCUT2D eigenvalue weighted by atomic mass is 10.00. The van der Waals surface area contributed by atoms with Crippen LogP contribution in [0.4, 0.5) is 0 Å².